The highest BCUT2D eigenvalue weighted by Crippen LogP contribution is 2.36. The third-order valence-corrected chi connectivity index (χ3v) is 9.64. The normalized spacial score (nSPS) is 19.6. The van der Waals surface area contributed by atoms with E-state index >= 15 is 0 Å². The molecule has 37 heavy (non-hydrogen) atoms. The Morgan fingerprint density at radius 3 is 2.68 bits per heavy atom. The van der Waals surface area contributed by atoms with Crippen LogP contribution in [0.25, 0.3) is 21.8 Å². The van der Waals surface area contributed by atoms with Crippen molar-refractivity contribution in [1.29, 1.82) is 0 Å². The summed E-state index contributed by atoms with van der Waals surface area (Å²) in [4.78, 5) is 15.9. The minimum Gasteiger partial charge on any atom is -0.353 e. The molecule has 8 heteroatoms. The standard InChI is InChI=1S/C29H35N5O2S/c1-37(35,36)34-18-13-21(14-19-34)12-17-33(27-10-4-6-22-7-5-15-31-28(22)27)20-26-29-24(11-16-30-26)23-8-2-3-9-25(23)32-29/h2-3,5,7-9,11,15-16,21,27,32H,4,6,10,12-14,17-20H2,1H3. The zero-order valence-electron chi connectivity index (χ0n) is 21.4. The maximum absolute atomic E-state index is 12.0. The summed E-state index contributed by atoms with van der Waals surface area (Å²) in [7, 11) is -3.10. The van der Waals surface area contributed by atoms with Crippen LogP contribution in [0, 0.1) is 5.92 Å². The lowest BCUT2D eigenvalue weighted by molar-refractivity contribution is 0.143. The zero-order chi connectivity index (χ0) is 25.4. The van der Waals surface area contributed by atoms with Crippen molar-refractivity contribution >= 4 is 31.8 Å². The lowest BCUT2D eigenvalue weighted by Crippen LogP contribution is -2.39. The van der Waals surface area contributed by atoms with Crippen LogP contribution in [0.5, 0.6) is 0 Å². The number of piperidine rings is 1. The summed E-state index contributed by atoms with van der Waals surface area (Å²) in [6.45, 7) is 2.97. The molecule has 194 valence electrons. The molecule has 1 saturated heterocycles. The van der Waals surface area contributed by atoms with Crippen molar-refractivity contribution in [3.05, 3.63) is 71.8 Å². The van der Waals surface area contributed by atoms with E-state index in [9.17, 15) is 8.42 Å². The first-order valence-corrected chi connectivity index (χ1v) is 15.3. The van der Waals surface area contributed by atoms with Crippen LogP contribution < -0.4 is 0 Å². The molecule has 1 unspecified atom stereocenters. The van der Waals surface area contributed by atoms with Gasteiger partial charge in [0.2, 0.25) is 10.0 Å². The molecule has 0 bridgehead atoms. The fourth-order valence-corrected chi connectivity index (χ4v) is 7.18. The van der Waals surface area contributed by atoms with Gasteiger partial charge in [-0.15, -0.1) is 0 Å². The van der Waals surface area contributed by atoms with Gasteiger partial charge in [0.15, 0.2) is 0 Å². The highest BCUT2D eigenvalue weighted by atomic mass is 32.2. The number of para-hydroxylation sites is 1. The summed E-state index contributed by atoms with van der Waals surface area (Å²) in [6, 6.07) is 15.1. The van der Waals surface area contributed by atoms with Crippen LogP contribution in [0.3, 0.4) is 0 Å². The number of hydrogen-bond donors (Lipinski definition) is 1. The monoisotopic (exact) mass is 517 g/mol. The van der Waals surface area contributed by atoms with Crippen LogP contribution in [-0.4, -0.2) is 58.5 Å². The molecule has 4 aromatic rings. The van der Waals surface area contributed by atoms with Crippen molar-refractivity contribution in [3.63, 3.8) is 0 Å². The summed E-state index contributed by atoms with van der Waals surface area (Å²) in [5, 5.41) is 2.45. The number of hydrogen-bond acceptors (Lipinski definition) is 5. The van der Waals surface area contributed by atoms with Gasteiger partial charge in [0.05, 0.1) is 29.2 Å². The molecular weight excluding hydrogens is 482 g/mol. The van der Waals surface area contributed by atoms with Crippen LogP contribution in [0.15, 0.2) is 54.9 Å². The van der Waals surface area contributed by atoms with Crippen molar-refractivity contribution in [1.82, 2.24) is 24.2 Å². The Labute approximate surface area is 219 Å². The molecule has 1 N–H and O–H groups in total. The molecule has 6 rings (SSSR count). The molecule has 0 amide bonds. The quantitative estimate of drug-likeness (QED) is 0.371. The third kappa shape index (κ3) is 5.02. The molecule has 3 aromatic heterocycles. The average molecular weight is 518 g/mol. The SMILES string of the molecule is CS(=O)(=O)N1CCC(CCN(Cc2nccc3c2[nH]c2ccccc23)C2CCCc3cccnc32)CC1. The van der Waals surface area contributed by atoms with E-state index in [0.29, 0.717) is 19.0 Å². The first-order valence-electron chi connectivity index (χ1n) is 13.4. The Hall–Kier alpha value is -2.81. The van der Waals surface area contributed by atoms with E-state index in [1.54, 1.807) is 4.31 Å². The molecule has 4 heterocycles. The summed E-state index contributed by atoms with van der Waals surface area (Å²) in [5.41, 5.74) is 5.91. The molecular formula is C29H35N5O2S. The van der Waals surface area contributed by atoms with Gasteiger partial charge in [-0.05, 0) is 74.8 Å². The zero-order valence-corrected chi connectivity index (χ0v) is 22.3. The molecule has 1 aliphatic heterocycles. The van der Waals surface area contributed by atoms with Crippen molar-refractivity contribution in [2.45, 2.75) is 51.1 Å². The second kappa shape index (κ2) is 10.2. The van der Waals surface area contributed by atoms with Gasteiger partial charge in [-0.2, -0.15) is 0 Å². The second-order valence-corrected chi connectivity index (χ2v) is 12.7. The molecule has 7 nitrogen and oxygen atoms in total. The van der Waals surface area contributed by atoms with Crippen molar-refractivity contribution in [2.75, 3.05) is 25.9 Å². The van der Waals surface area contributed by atoms with Gasteiger partial charge in [-0.1, -0.05) is 24.3 Å². The van der Waals surface area contributed by atoms with E-state index in [0.717, 1.165) is 68.3 Å². The van der Waals surface area contributed by atoms with E-state index in [1.807, 2.05) is 18.5 Å². The molecule has 0 radical (unpaired) electrons. The van der Waals surface area contributed by atoms with Crippen molar-refractivity contribution in [2.24, 2.45) is 5.92 Å². The smallest absolute Gasteiger partial charge is 0.211 e. The van der Waals surface area contributed by atoms with Crippen molar-refractivity contribution in [3.8, 4) is 0 Å². The number of nitrogens with one attached hydrogen (secondary N) is 1. The number of H-pyrrole nitrogens is 1. The topological polar surface area (TPSA) is 82.2 Å². The van der Waals surface area contributed by atoms with Gasteiger partial charge in [-0.25, -0.2) is 12.7 Å². The maximum atomic E-state index is 12.0. The summed E-state index contributed by atoms with van der Waals surface area (Å²) in [5.74, 6) is 0.532. The molecule has 1 fully saturated rings. The number of sulfonamides is 1. The number of fused-ring (bicyclic) bond motifs is 4. The first-order chi connectivity index (χ1) is 18.0. The van der Waals surface area contributed by atoms with E-state index < -0.39 is 10.0 Å². The Balaban J connectivity index is 1.28. The van der Waals surface area contributed by atoms with Gasteiger partial charge >= 0.3 is 0 Å². The highest BCUT2D eigenvalue weighted by molar-refractivity contribution is 7.88. The third-order valence-electron chi connectivity index (χ3n) is 8.33. The summed E-state index contributed by atoms with van der Waals surface area (Å²) in [6.07, 6.45) is 11.4. The maximum Gasteiger partial charge on any atom is 0.211 e. The number of benzene rings is 1. The molecule has 0 spiro atoms. The summed E-state index contributed by atoms with van der Waals surface area (Å²) >= 11 is 0. The molecule has 0 saturated carbocycles. The van der Waals surface area contributed by atoms with Gasteiger partial charge < -0.3 is 4.98 Å². The van der Waals surface area contributed by atoms with E-state index in [-0.39, 0.29) is 6.04 Å². The fourth-order valence-electron chi connectivity index (χ4n) is 6.31. The molecule has 1 aromatic carbocycles. The van der Waals surface area contributed by atoms with Crippen molar-refractivity contribution < 1.29 is 8.42 Å². The van der Waals surface area contributed by atoms with Crippen LogP contribution in [0.4, 0.5) is 0 Å². The van der Waals surface area contributed by atoms with Crippen LogP contribution in [-0.2, 0) is 23.0 Å². The van der Waals surface area contributed by atoms with Gasteiger partial charge in [-0.3, -0.25) is 14.9 Å². The van der Waals surface area contributed by atoms with E-state index in [2.05, 4.69) is 46.3 Å². The Morgan fingerprint density at radius 1 is 1.00 bits per heavy atom. The summed E-state index contributed by atoms with van der Waals surface area (Å²) < 4.78 is 25.5. The van der Waals surface area contributed by atoms with Crippen LogP contribution in [0.2, 0.25) is 0 Å². The minimum atomic E-state index is -3.10. The van der Waals surface area contributed by atoms with Gasteiger partial charge in [0, 0.05) is 48.3 Å². The van der Waals surface area contributed by atoms with E-state index in [1.165, 1.54) is 28.3 Å². The number of aromatic nitrogens is 3. The number of nitrogens with zero attached hydrogens (tertiary/aromatic N) is 4. The van der Waals surface area contributed by atoms with E-state index in [4.69, 9.17) is 9.97 Å². The molecule has 2 aliphatic rings. The second-order valence-electron chi connectivity index (χ2n) is 10.7. The van der Waals surface area contributed by atoms with Crippen LogP contribution >= 0.6 is 0 Å². The van der Waals surface area contributed by atoms with Gasteiger partial charge in [0.1, 0.15) is 0 Å². The minimum absolute atomic E-state index is 0.266. The fraction of sp³-hybridized carbons (Fsp3) is 0.448. The number of pyridine rings is 2. The molecule has 1 atom stereocenters. The average Bonchev–Trinajstić information content (AvgIpc) is 3.30. The Bertz CT molecular complexity index is 1510. The number of rotatable bonds is 7. The predicted octanol–water partition coefficient (Wildman–Crippen LogP) is 5.05. The van der Waals surface area contributed by atoms with Gasteiger partial charge in [0.25, 0.3) is 0 Å². The van der Waals surface area contributed by atoms with Crippen LogP contribution in [0.1, 0.15) is 55.1 Å². The lowest BCUT2D eigenvalue weighted by atomic mass is 9.89. The largest absolute Gasteiger partial charge is 0.353 e. The number of aryl methyl sites for hydroxylation is 1. The number of aromatic amines is 1. The molecule has 1 aliphatic carbocycles. The Morgan fingerprint density at radius 2 is 1.84 bits per heavy atom. The Kier molecular flexibility index (Phi) is 6.73. The lowest BCUT2D eigenvalue weighted by Gasteiger charge is -2.37. The first kappa shape index (κ1) is 24.5. The predicted molar refractivity (Wildman–Crippen MR) is 148 cm³/mol. The highest BCUT2D eigenvalue weighted by Gasteiger charge is 2.30.